The number of benzene rings is 2. The zero-order chi connectivity index (χ0) is 22.7. The van der Waals surface area contributed by atoms with E-state index >= 15 is 0 Å². The molecule has 0 spiro atoms. The zero-order valence-electron chi connectivity index (χ0n) is 17.7. The summed E-state index contributed by atoms with van der Waals surface area (Å²) in [6, 6.07) is 14.5. The van der Waals surface area contributed by atoms with Gasteiger partial charge in [-0.3, -0.25) is 4.79 Å². The Morgan fingerprint density at radius 3 is 2.31 bits per heavy atom. The number of nitrogens with one attached hydrogen (secondary N) is 2. The minimum atomic E-state index is -1.11. The Labute approximate surface area is 185 Å². The third-order valence-corrected chi connectivity index (χ3v) is 6.02. The van der Waals surface area contributed by atoms with Crippen molar-refractivity contribution in [1.29, 1.82) is 0 Å². The molecule has 0 unspecified atom stereocenters. The van der Waals surface area contributed by atoms with Crippen molar-refractivity contribution in [1.82, 2.24) is 10.6 Å². The number of rotatable bonds is 7. The van der Waals surface area contributed by atoms with E-state index in [0.717, 1.165) is 22.3 Å². The predicted octanol–water partition coefficient (Wildman–Crippen LogP) is 2.66. The summed E-state index contributed by atoms with van der Waals surface area (Å²) < 4.78 is 11.0. The quantitative estimate of drug-likeness (QED) is 0.612. The highest BCUT2D eigenvalue weighted by Gasteiger charge is 2.37. The Morgan fingerprint density at radius 2 is 1.72 bits per heavy atom. The molecule has 4 rings (SSSR count). The molecular formula is C24H26N2O6. The van der Waals surface area contributed by atoms with Crippen LogP contribution in [0, 0.1) is 0 Å². The van der Waals surface area contributed by atoms with E-state index < -0.39 is 36.2 Å². The number of hydrogen-bond donors (Lipinski definition) is 3. The highest BCUT2D eigenvalue weighted by Crippen LogP contribution is 2.44. The molecule has 2 amide bonds. The van der Waals surface area contributed by atoms with Gasteiger partial charge < -0.3 is 25.2 Å². The van der Waals surface area contributed by atoms with E-state index in [1.807, 2.05) is 36.4 Å². The topological polar surface area (TPSA) is 114 Å². The molecule has 1 aliphatic heterocycles. The molecular weight excluding hydrogens is 412 g/mol. The van der Waals surface area contributed by atoms with Gasteiger partial charge >= 0.3 is 12.1 Å². The van der Waals surface area contributed by atoms with Crippen molar-refractivity contribution >= 4 is 18.0 Å². The predicted molar refractivity (Wildman–Crippen MR) is 116 cm³/mol. The summed E-state index contributed by atoms with van der Waals surface area (Å²) in [6.45, 7) is 2.12. The summed E-state index contributed by atoms with van der Waals surface area (Å²) in [5.41, 5.74) is 4.51. The van der Waals surface area contributed by atoms with Crippen molar-refractivity contribution in [2.24, 2.45) is 0 Å². The number of amides is 2. The Morgan fingerprint density at radius 1 is 1.09 bits per heavy atom. The Hall–Kier alpha value is -3.39. The maximum Gasteiger partial charge on any atom is 0.407 e. The molecule has 0 saturated carbocycles. The Balaban J connectivity index is 1.37. The second kappa shape index (κ2) is 9.40. The Bertz CT molecular complexity index is 978. The van der Waals surface area contributed by atoms with E-state index in [-0.39, 0.29) is 25.6 Å². The van der Waals surface area contributed by atoms with Gasteiger partial charge in [0.25, 0.3) is 5.91 Å². The molecule has 8 nitrogen and oxygen atoms in total. The van der Waals surface area contributed by atoms with Gasteiger partial charge in [0.2, 0.25) is 0 Å². The van der Waals surface area contributed by atoms with Crippen LogP contribution in [-0.4, -0.2) is 54.5 Å². The van der Waals surface area contributed by atoms with Crippen molar-refractivity contribution < 1.29 is 29.0 Å². The first kappa shape index (κ1) is 21.8. The van der Waals surface area contributed by atoms with E-state index in [2.05, 4.69) is 22.8 Å². The fourth-order valence-electron chi connectivity index (χ4n) is 4.38. The van der Waals surface area contributed by atoms with Crippen LogP contribution in [0.25, 0.3) is 11.1 Å². The minimum absolute atomic E-state index is 0.0621. The van der Waals surface area contributed by atoms with Crippen molar-refractivity contribution in [3.8, 4) is 11.1 Å². The highest BCUT2D eigenvalue weighted by atomic mass is 16.6. The summed E-state index contributed by atoms with van der Waals surface area (Å²) in [7, 11) is 0. The lowest BCUT2D eigenvalue weighted by atomic mass is 9.98. The smallest absolute Gasteiger partial charge is 0.407 e. The number of carboxylic acid groups (broad SMARTS) is 1. The number of ether oxygens (including phenoxy) is 2. The number of alkyl carbamates (subject to hydrolysis) is 1. The largest absolute Gasteiger partial charge is 0.480 e. The van der Waals surface area contributed by atoms with Gasteiger partial charge in [0.1, 0.15) is 12.6 Å². The standard InChI is InChI=1S/C24H26N2O6/c1-2-19(23(28)29)25-22(27)21-20(11-12-31-21)26-24(30)32-13-18-16-9-5-3-7-14(16)15-8-4-6-10-17(15)18/h3-10,18-21H,2,11-13H2,1H3,(H,25,27)(H,26,30)(H,28,29)/t19-,20+,21-/m1/s1. The van der Waals surface area contributed by atoms with Crippen molar-refractivity contribution in [3.63, 3.8) is 0 Å². The molecule has 32 heavy (non-hydrogen) atoms. The van der Waals surface area contributed by atoms with E-state index in [1.165, 1.54) is 0 Å². The van der Waals surface area contributed by atoms with Gasteiger partial charge in [-0.2, -0.15) is 0 Å². The van der Waals surface area contributed by atoms with E-state index in [1.54, 1.807) is 6.92 Å². The molecule has 1 fully saturated rings. The Kier molecular flexibility index (Phi) is 6.41. The van der Waals surface area contributed by atoms with E-state index in [4.69, 9.17) is 14.6 Å². The van der Waals surface area contributed by atoms with Gasteiger partial charge in [-0.1, -0.05) is 55.5 Å². The monoisotopic (exact) mass is 438 g/mol. The lowest BCUT2D eigenvalue weighted by Gasteiger charge is -2.22. The molecule has 2 aliphatic rings. The average Bonchev–Trinajstić information content (AvgIpc) is 3.38. The molecule has 168 valence electrons. The van der Waals surface area contributed by atoms with Crippen molar-refractivity contribution in [2.45, 2.75) is 43.9 Å². The van der Waals surface area contributed by atoms with Crippen LogP contribution in [-0.2, 0) is 19.1 Å². The summed E-state index contributed by atoms with van der Waals surface area (Å²) in [6.07, 6.45) is -0.904. The fourth-order valence-corrected chi connectivity index (χ4v) is 4.38. The minimum Gasteiger partial charge on any atom is -0.480 e. The normalized spacial score (nSPS) is 20.2. The van der Waals surface area contributed by atoms with Crippen LogP contribution in [0.1, 0.15) is 36.8 Å². The summed E-state index contributed by atoms with van der Waals surface area (Å²) in [4.78, 5) is 36.2. The molecule has 0 bridgehead atoms. The summed E-state index contributed by atoms with van der Waals surface area (Å²) >= 11 is 0. The number of fused-ring (bicyclic) bond motifs is 3. The zero-order valence-corrected chi connectivity index (χ0v) is 17.7. The molecule has 2 aromatic rings. The number of aliphatic carboxylic acids is 1. The highest BCUT2D eigenvalue weighted by molar-refractivity contribution is 5.87. The summed E-state index contributed by atoms with van der Waals surface area (Å²) in [5.74, 6) is -1.73. The molecule has 1 heterocycles. The number of carbonyl (C=O) groups is 3. The van der Waals surface area contributed by atoms with Gasteiger partial charge in [-0.25, -0.2) is 9.59 Å². The SMILES string of the molecule is CC[C@@H](NC(=O)[C@@H]1OCC[C@@H]1NC(=O)OCC1c2ccccc2-c2ccccc21)C(=O)O. The lowest BCUT2D eigenvalue weighted by molar-refractivity contribution is -0.143. The van der Waals surface area contributed by atoms with E-state index in [9.17, 15) is 14.4 Å². The molecule has 8 heteroatoms. The molecule has 0 aromatic heterocycles. The van der Waals surface area contributed by atoms with Gasteiger partial charge in [0, 0.05) is 12.5 Å². The van der Waals surface area contributed by atoms with Crippen LogP contribution in [0.5, 0.6) is 0 Å². The van der Waals surface area contributed by atoms with Gasteiger partial charge in [0.05, 0.1) is 6.04 Å². The van der Waals surface area contributed by atoms with Crippen LogP contribution in [0.4, 0.5) is 4.79 Å². The van der Waals surface area contributed by atoms with Gasteiger partial charge in [0.15, 0.2) is 6.10 Å². The average molecular weight is 438 g/mol. The summed E-state index contributed by atoms with van der Waals surface area (Å²) in [5, 5.41) is 14.3. The first-order valence-electron chi connectivity index (χ1n) is 10.8. The molecule has 2 aromatic carbocycles. The number of hydrogen-bond acceptors (Lipinski definition) is 5. The van der Waals surface area contributed by atoms with Crippen molar-refractivity contribution in [3.05, 3.63) is 59.7 Å². The second-order valence-electron chi connectivity index (χ2n) is 7.96. The van der Waals surface area contributed by atoms with Gasteiger partial charge in [-0.05, 0) is 35.1 Å². The van der Waals surface area contributed by atoms with Gasteiger partial charge in [-0.15, -0.1) is 0 Å². The maximum atomic E-state index is 12.5. The van der Waals surface area contributed by atoms with Crippen LogP contribution < -0.4 is 10.6 Å². The number of carbonyl (C=O) groups excluding carboxylic acids is 2. The first-order chi connectivity index (χ1) is 15.5. The molecule has 1 aliphatic carbocycles. The molecule has 3 atom stereocenters. The number of carboxylic acids is 1. The third-order valence-electron chi connectivity index (χ3n) is 6.02. The van der Waals surface area contributed by atoms with E-state index in [0.29, 0.717) is 6.42 Å². The van der Waals surface area contributed by atoms with Crippen LogP contribution in [0.3, 0.4) is 0 Å². The first-order valence-corrected chi connectivity index (χ1v) is 10.8. The van der Waals surface area contributed by atoms with Crippen LogP contribution in [0.15, 0.2) is 48.5 Å². The molecule has 3 N–H and O–H groups in total. The second-order valence-corrected chi connectivity index (χ2v) is 7.96. The molecule has 1 saturated heterocycles. The van der Waals surface area contributed by atoms with Crippen LogP contribution in [0.2, 0.25) is 0 Å². The molecule has 0 radical (unpaired) electrons. The third kappa shape index (κ3) is 4.31. The van der Waals surface area contributed by atoms with Crippen LogP contribution >= 0.6 is 0 Å². The lowest BCUT2D eigenvalue weighted by Crippen LogP contribution is -2.52. The maximum absolute atomic E-state index is 12.5. The van der Waals surface area contributed by atoms with Crippen molar-refractivity contribution in [2.75, 3.05) is 13.2 Å². The fraction of sp³-hybridized carbons (Fsp3) is 0.375.